The summed E-state index contributed by atoms with van der Waals surface area (Å²) < 4.78 is 40.8. The molecular weight excluding hydrogens is 273 g/mol. The first-order valence-corrected chi connectivity index (χ1v) is 6.12. The fraction of sp³-hybridized carbons (Fsp3) is 0.385. The second-order valence-corrected chi connectivity index (χ2v) is 4.54. The van der Waals surface area contributed by atoms with Crippen molar-refractivity contribution in [3.63, 3.8) is 0 Å². The van der Waals surface area contributed by atoms with E-state index in [1.54, 1.807) is 6.07 Å². The van der Waals surface area contributed by atoms with Gasteiger partial charge in [0.2, 0.25) is 0 Å². The van der Waals surface area contributed by atoms with E-state index in [1.165, 1.54) is 18.2 Å². The molecule has 7 heteroatoms. The highest BCUT2D eigenvalue weighted by Gasteiger charge is 2.32. The highest BCUT2D eigenvalue weighted by molar-refractivity contribution is 5.60. The fourth-order valence-corrected chi connectivity index (χ4v) is 1.79. The van der Waals surface area contributed by atoms with E-state index in [9.17, 15) is 18.3 Å². The predicted octanol–water partition coefficient (Wildman–Crippen LogP) is 2.57. The van der Waals surface area contributed by atoms with Crippen LogP contribution in [0.2, 0.25) is 0 Å². The number of rotatable bonds is 5. The zero-order valence-corrected chi connectivity index (χ0v) is 10.6. The summed E-state index contributed by atoms with van der Waals surface area (Å²) in [5, 5.41) is 12.0. The molecule has 0 saturated heterocycles. The van der Waals surface area contributed by atoms with Crippen LogP contribution in [0.5, 0.6) is 5.75 Å². The molecule has 0 bridgehead atoms. The second kappa shape index (κ2) is 5.62. The lowest BCUT2D eigenvalue weighted by Crippen LogP contribution is -2.19. The molecule has 0 spiro atoms. The Labute approximate surface area is 114 Å². The first kappa shape index (κ1) is 14.5. The molecule has 20 heavy (non-hydrogen) atoms. The quantitative estimate of drug-likeness (QED) is 0.779. The van der Waals surface area contributed by atoms with Gasteiger partial charge in [-0.25, -0.2) is 0 Å². The molecule has 1 aromatic rings. The Kier molecular flexibility index (Phi) is 4.08. The lowest BCUT2D eigenvalue weighted by molar-refractivity contribution is -0.274. The highest BCUT2D eigenvalue weighted by Crippen LogP contribution is 2.36. The van der Waals surface area contributed by atoms with Gasteiger partial charge in [0.05, 0.1) is 18.0 Å². The van der Waals surface area contributed by atoms with Crippen LogP contribution in [0.15, 0.2) is 35.7 Å². The van der Waals surface area contributed by atoms with E-state index in [-0.39, 0.29) is 24.0 Å². The lowest BCUT2D eigenvalue weighted by atomic mass is 10.2. The van der Waals surface area contributed by atoms with Gasteiger partial charge in [-0.05, 0) is 25.0 Å². The smallest absolute Gasteiger partial charge is 0.404 e. The van der Waals surface area contributed by atoms with E-state index in [2.05, 4.69) is 10.1 Å². The number of halogens is 3. The van der Waals surface area contributed by atoms with Crippen LogP contribution in [-0.4, -0.2) is 18.1 Å². The molecule has 4 nitrogen and oxygen atoms in total. The average molecular weight is 288 g/mol. The van der Waals surface area contributed by atoms with Crippen molar-refractivity contribution in [1.29, 1.82) is 0 Å². The van der Waals surface area contributed by atoms with Gasteiger partial charge in [-0.1, -0.05) is 12.1 Å². The molecular formula is C13H15F3N2O2. The Hall–Kier alpha value is -1.89. The van der Waals surface area contributed by atoms with Gasteiger partial charge in [0, 0.05) is 11.6 Å². The molecule has 1 saturated carbocycles. The molecule has 0 aliphatic heterocycles. The van der Waals surface area contributed by atoms with Crippen molar-refractivity contribution in [3.05, 3.63) is 35.7 Å². The predicted molar refractivity (Wildman–Crippen MR) is 67.8 cm³/mol. The molecule has 110 valence electrons. The Morgan fingerprint density at radius 2 is 2.00 bits per heavy atom. The van der Waals surface area contributed by atoms with E-state index in [1.807, 2.05) is 0 Å². The van der Waals surface area contributed by atoms with E-state index in [0.29, 0.717) is 11.4 Å². The topological polar surface area (TPSA) is 67.5 Å². The monoisotopic (exact) mass is 288 g/mol. The number of hydrogen-bond acceptors (Lipinski definition) is 4. The van der Waals surface area contributed by atoms with Crippen molar-refractivity contribution in [2.75, 3.05) is 11.9 Å². The van der Waals surface area contributed by atoms with Gasteiger partial charge < -0.3 is 20.9 Å². The summed E-state index contributed by atoms with van der Waals surface area (Å²) in [5.74, 6) is -0.171. The zero-order chi connectivity index (χ0) is 14.8. The molecule has 1 aliphatic rings. The largest absolute Gasteiger partial charge is 0.573 e. The summed E-state index contributed by atoms with van der Waals surface area (Å²) in [6, 6.07) is 5.61. The van der Waals surface area contributed by atoms with Crippen LogP contribution in [0.25, 0.3) is 0 Å². The van der Waals surface area contributed by atoms with Gasteiger partial charge in [0.15, 0.2) is 5.75 Å². The van der Waals surface area contributed by atoms with Crippen LogP contribution in [0.1, 0.15) is 12.8 Å². The number of anilines is 1. The first-order chi connectivity index (χ1) is 9.40. The maximum absolute atomic E-state index is 12.3. The number of nitrogens with two attached hydrogens (primary N) is 1. The number of benzene rings is 1. The maximum atomic E-state index is 12.3. The average Bonchev–Trinajstić information content (AvgIpc) is 3.19. The maximum Gasteiger partial charge on any atom is 0.573 e. The summed E-state index contributed by atoms with van der Waals surface area (Å²) in [4.78, 5) is 0. The molecule has 1 aliphatic carbocycles. The Balaban J connectivity index is 2.22. The van der Waals surface area contributed by atoms with Crippen LogP contribution in [0.3, 0.4) is 0 Å². The molecule has 0 atom stereocenters. The highest BCUT2D eigenvalue weighted by atomic mass is 19.4. The van der Waals surface area contributed by atoms with Crippen molar-refractivity contribution >= 4 is 5.69 Å². The van der Waals surface area contributed by atoms with E-state index >= 15 is 0 Å². The third kappa shape index (κ3) is 3.80. The van der Waals surface area contributed by atoms with Gasteiger partial charge in [0.1, 0.15) is 0 Å². The number of allylic oxidation sites excluding steroid dienone is 1. The molecule has 2 rings (SSSR count). The van der Waals surface area contributed by atoms with Crippen molar-refractivity contribution in [2.45, 2.75) is 19.2 Å². The lowest BCUT2D eigenvalue weighted by Gasteiger charge is -2.17. The standard InChI is InChI=1S/C13H15F3N2O2/c14-13(15,16)20-11-4-2-1-3-9(11)18-10(7-19)12(17)8-5-6-8/h1-4,8,18-19H,5-7,17H2/b12-10-. The Morgan fingerprint density at radius 3 is 2.55 bits per heavy atom. The van der Waals surface area contributed by atoms with Crippen LogP contribution < -0.4 is 15.8 Å². The van der Waals surface area contributed by atoms with Crippen LogP contribution in [0.4, 0.5) is 18.9 Å². The van der Waals surface area contributed by atoms with Crippen molar-refractivity contribution in [3.8, 4) is 5.75 Å². The molecule has 0 heterocycles. The molecule has 0 unspecified atom stereocenters. The van der Waals surface area contributed by atoms with Crippen LogP contribution >= 0.6 is 0 Å². The minimum Gasteiger partial charge on any atom is -0.404 e. The molecule has 4 N–H and O–H groups in total. The number of aliphatic hydroxyl groups is 1. The second-order valence-electron chi connectivity index (χ2n) is 4.54. The number of hydrogen-bond donors (Lipinski definition) is 3. The van der Waals surface area contributed by atoms with Gasteiger partial charge in [-0.3, -0.25) is 0 Å². The van der Waals surface area contributed by atoms with Crippen molar-refractivity contribution in [1.82, 2.24) is 0 Å². The van der Waals surface area contributed by atoms with Gasteiger partial charge >= 0.3 is 6.36 Å². The third-order valence-electron chi connectivity index (χ3n) is 2.92. The summed E-state index contributed by atoms with van der Waals surface area (Å²) >= 11 is 0. The normalized spacial score (nSPS) is 16.6. The van der Waals surface area contributed by atoms with Gasteiger partial charge in [-0.2, -0.15) is 0 Å². The van der Waals surface area contributed by atoms with Gasteiger partial charge in [0.25, 0.3) is 0 Å². The van der Waals surface area contributed by atoms with Crippen molar-refractivity contribution < 1.29 is 23.0 Å². The molecule has 1 aromatic carbocycles. The third-order valence-corrected chi connectivity index (χ3v) is 2.92. The van der Waals surface area contributed by atoms with Crippen LogP contribution in [0, 0.1) is 5.92 Å². The SMILES string of the molecule is N/C(=C(/CO)Nc1ccccc1OC(F)(F)F)C1CC1. The zero-order valence-electron chi connectivity index (χ0n) is 10.6. The summed E-state index contributed by atoms with van der Waals surface area (Å²) in [5.41, 5.74) is 6.75. The molecule has 0 aromatic heterocycles. The number of para-hydroxylation sites is 2. The molecule has 0 amide bonds. The van der Waals surface area contributed by atoms with Gasteiger partial charge in [-0.15, -0.1) is 13.2 Å². The van der Waals surface area contributed by atoms with Crippen LogP contribution in [-0.2, 0) is 0 Å². The number of nitrogens with one attached hydrogen (secondary N) is 1. The molecule has 1 fully saturated rings. The summed E-state index contributed by atoms with van der Waals surface area (Å²) in [6.07, 6.45) is -2.92. The Morgan fingerprint density at radius 1 is 1.35 bits per heavy atom. The van der Waals surface area contributed by atoms with E-state index in [0.717, 1.165) is 12.8 Å². The number of alkyl halides is 3. The minimum atomic E-state index is -4.77. The number of aliphatic hydroxyl groups excluding tert-OH is 1. The minimum absolute atomic E-state index is 0.109. The number of ether oxygens (including phenoxy) is 1. The Bertz CT molecular complexity index is 511. The first-order valence-electron chi connectivity index (χ1n) is 6.12. The summed E-state index contributed by atoms with van der Waals surface area (Å²) in [7, 11) is 0. The van der Waals surface area contributed by atoms with E-state index < -0.39 is 6.36 Å². The fourth-order valence-electron chi connectivity index (χ4n) is 1.79. The van der Waals surface area contributed by atoms with Crippen molar-refractivity contribution in [2.24, 2.45) is 11.7 Å². The summed E-state index contributed by atoms with van der Waals surface area (Å²) in [6.45, 7) is -0.372. The van der Waals surface area contributed by atoms with E-state index in [4.69, 9.17) is 5.73 Å². The molecule has 0 radical (unpaired) electrons.